The standard InChI is InChI=1S/C20H23BrN4O4S/c1-13-8-15-9-17(30(23,28)29)6-7-18(15)25(13)20(27)12-24(11-19(22)26)10-14-2-4-16(21)5-3-14/h2-7,9,13H,8,10-12H2,1H3,(H2,22,26)(H2,23,28,29). The van der Waals surface area contributed by atoms with Crippen molar-refractivity contribution in [2.75, 3.05) is 18.0 Å². The molecule has 8 nitrogen and oxygen atoms in total. The van der Waals surface area contributed by atoms with Gasteiger partial charge >= 0.3 is 0 Å². The molecule has 0 bridgehead atoms. The Kier molecular flexibility index (Phi) is 6.61. The van der Waals surface area contributed by atoms with Crippen LogP contribution in [0.1, 0.15) is 18.1 Å². The Morgan fingerprint density at radius 2 is 1.83 bits per heavy atom. The number of hydrogen-bond acceptors (Lipinski definition) is 5. The lowest BCUT2D eigenvalue weighted by atomic mass is 10.1. The molecule has 0 radical (unpaired) electrons. The van der Waals surface area contributed by atoms with Crippen LogP contribution < -0.4 is 15.8 Å². The van der Waals surface area contributed by atoms with Gasteiger partial charge in [-0.2, -0.15) is 0 Å². The Morgan fingerprint density at radius 1 is 1.17 bits per heavy atom. The topological polar surface area (TPSA) is 127 Å². The number of hydrogen-bond donors (Lipinski definition) is 2. The average molecular weight is 495 g/mol. The van der Waals surface area contributed by atoms with Crippen molar-refractivity contribution in [3.63, 3.8) is 0 Å². The van der Waals surface area contributed by atoms with Gasteiger partial charge in [0.25, 0.3) is 0 Å². The number of carbonyl (C=O) groups is 2. The average Bonchev–Trinajstić information content (AvgIpc) is 2.97. The minimum atomic E-state index is -3.82. The number of benzene rings is 2. The molecular formula is C20H23BrN4O4S. The summed E-state index contributed by atoms with van der Waals surface area (Å²) in [6.07, 6.45) is 0.521. The zero-order valence-corrected chi connectivity index (χ0v) is 18.8. The lowest BCUT2D eigenvalue weighted by Gasteiger charge is -2.27. The van der Waals surface area contributed by atoms with E-state index < -0.39 is 15.9 Å². The zero-order valence-electron chi connectivity index (χ0n) is 16.4. The number of nitrogens with zero attached hydrogens (tertiary/aromatic N) is 2. The summed E-state index contributed by atoms with van der Waals surface area (Å²) in [6, 6.07) is 12.0. The predicted octanol–water partition coefficient (Wildman–Crippen LogP) is 1.36. The van der Waals surface area contributed by atoms with E-state index in [9.17, 15) is 18.0 Å². The summed E-state index contributed by atoms with van der Waals surface area (Å²) in [5, 5.41) is 5.21. The molecule has 0 saturated carbocycles. The van der Waals surface area contributed by atoms with Crippen LogP contribution in [0.25, 0.3) is 0 Å². The molecule has 1 heterocycles. The molecule has 0 spiro atoms. The van der Waals surface area contributed by atoms with Crippen molar-refractivity contribution in [3.05, 3.63) is 58.1 Å². The van der Waals surface area contributed by atoms with Crippen LogP contribution in [0, 0.1) is 0 Å². The van der Waals surface area contributed by atoms with Gasteiger partial charge in [-0.05, 0) is 54.8 Å². The second kappa shape index (κ2) is 8.84. The molecule has 0 saturated heterocycles. The predicted molar refractivity (Wildman–Crippen MR) is 117 cm³/mol. The van der Waals surface area contributed by atoms with Crippen molar-refractivity contribution in [2.24, 2.45) is 10.9 Å². The number of primary sulfonamides is 1. The molecule has 2 aromatic rings. The highest BCUT2D eigenvalue weighted by Crippen LogP contribution is 2.33. The van der Waals surface area contributed by atoms with Gasteiger partial charge in [-0.1, -0.05) is 28.1 Å². The normalized spacial score (nSPS) is 16.0. The van der Waals surface area contributed by atoms with Gasteiger partial charge in [0.05, 0.1) is 18.0 Å². The van der Waals surface area contributed by atoms with Crippen LogP contribution in [0.4, 0.5) is 5.69 Å². The molecule has 160 valence electrons. The van der Waals surface area contributed by atoms with Crippen molar-refractivity contribution >= 4 is 43.5 Å². The number of amides is 2. The Hall–Kier alpha value is -2.27. The van der Waals surface area contributed by atoms with E-state index in [1.54, 1.807) is 15.9 Å². The van der Waals surface area contributed by atoms with E-state index in [4.69, 9.17) is 10.9 Å². The molecule has 1 unspecified atom stereocenters. The van der Waals surface area contributed by atoms with Gasteiger partial charge in [0.2, 0.25) is 21.8 Å². The molecule has 1 aliphatic heterocycles. The molecule has 30 heavy (non-hydrogen) atoms. The third-order valence-corrected chi connectivity index (χ3v) is 6.36. The SMILES string of the molecule is CC1Cc2cc(S(N)(=O)=O)ccc2N1C(=O)CN(CC(N)=O)Cc1ccc(Br)cc1. The molecule has 3 rings (SSSR count). The van der Waals surface area contributed by atoms with Gasteiger partial charge in [-0.3, -0.25) is 14.5 Å². The van der Waals surface area contributed by atoms with Crippen LogP contribution in [0.15, 0.2) is 51.8 Å². The van der Waals surface area contributed by atoms with E-state index in [-0.39, 0.29) is 29.9 Å². The first kappa shape index (κ1) is 22.4. The molecule has 2 amide bonds. The number of sulfonamides is 1. The molecule has 0 fully saturated rings. The molecular weight excluding hydrogens is 472 g/mol. The highest BCUT2D eigenvalue weighted by molar-refractivity contribution is 9.10. The van der Waals surface area contributed by atoms with E-state index in [0.29, 0.717) is 18.7 Å². The van der Waals surface area contributed by atoms with Crippen LogP contribution in [-0.4, -0.2) is 44.3 Å². The van der Waals surface area contributed by atoms with E-state index >= 15 is 0 Å². The first-order valence-corrected chi connectivity index (χ1v) is 11.6. The number of halogens is 1. The van der Waals surface area contributed by atoms with Gasteiger partial charge in [0, 0.05) is 22.7 Å². The molecule has 1 atom stereocenters. The lowest BCUT2D eigenvalue weighted by Crippen LogP contribution is -2.45. The summed E-state index contributed by atoms with van der Waals surface area (Å²) in [7, 11) is -3.82. The third kappa shape index (κ3) is 5.25. The zero-order chi connectivity index (χ0) is 22.1. The highest BCUT2D eigenvalue weighted by Gasteiger charge is 2.32. The summed E-state index contributed by atoms with van der Waals surface area (Å²) < 4.78 is 24.2. The summed E-state index contributed by atoms with van der Waals surface area (Å²) in [5.74, 6) is -0.712. The smallest absolute Gasteiger partial charge is 0.241 e. The van der Waals surface area contributed by atoms with Crippen molar-refractivity contribution in [3.8, 4) is 0 Å². The highest BCUT2D eigenvalue weighted by atomic mass is 79.9. The van der Waals surface area contributed by atoms with E-state index in [0.717, 1.165) is 15.6 Å². The third-order valence-electron chi connectivity index (χ3n) is 4.92. The quantitative estimate of drug-likeness (QED) is 0.600. The van der Waals surface area contributed by atoms with Crippen LogP contribution in [0.5, 0.6) is 0 Å². The van der Waals surface area contributed by atoms with Gasteiger partial charge < -0.3 is 10.6 Å². The number of rotatable bonds is 7. The van der Waals surface area contributed by atoms with Gasteiger partial charge in [-0.15, -0.1) is 0 Å². The lowest BCUT2D eigenvalue weighted by molar-refractivity contribution is -0.122. The second-order valence-electron chi connectivity index (χ2n) is 7.39. The van der Waals surface area contributed by atoms with Crippen molar-refractivity contribution in [1.29, 1.82) is 0 Å². The van der Waals surface area contributed by atoms with Gasteiger partial charge in [0.15, 0.2) is 0 Å². The number of primary amides is 1. The van der Waals surface area contributed by atoms with Gasteiger partial charge in [-0.25, -0.2) is 13.6 Å². The summed E-state index contributed by atoms with van der Waals surface area (Å²) in [5.41, 5.74) is 7.73. The fourth-order valence-electron chi connectivity index (χ4n) is 3.67. The minimum Gasteiger partial charge on any atom is -0.369 e. The maximum atomic E-state index is 13.1. The summed E-state index contributed by atoms with van der Waals surface area (Å²) in [6.45, 7) is 2.23. The fraction of sp³-hybridized carbons (Fsp3) is 0.300. The van der Waals surface area contributed by atoms with Crippen LogP contribution in [0.2, 0.25) is 0 Å². The molecule has 0 aromatic heterocycles. The molecule has 1 aliphatic rings. The van der Waals surface area contributed by atoms with E-state index in [1.807, 2.05) is 31.2 Å². The minimum absolute atomic E-state index is 0.000275. The van der Waals surface area contributed by atoms with Crippen LogP contribution in [-0.2, 0) is 32.6 Å². The van der Waals surface area contributed by atoms with Crippen LogP contribution in [0.3, 0.4) is 0 Å². The number of carbonyl (C=O) groups excluding carboxylic acids is 2. The fourth-order valence-corrected chi connectivity index (χ4v) is 4.50. The number of fused-ring (bicyclic) bond motifs is 1. The Bertz CT molecular complexity index is 1070. The maximum absolute atomic E-state index is 13.1. The van der Waals surface area contributed by atoms with E-state index in [1.165, 1.54) is 12.1 Å². The largest absolute Gasteiger partial charge is 0.369 e. The Balaban J connectivity index is 1.80. The second-order valence-corrected chi connectivity index (χ2v) is 9.87. The maximum Gasteiger partial charge on any atom is 0.241 e. The van der Waals surface area contributed by atoms with Crippen LogP contribution >= 0.6 is 15.9 Å². The number of anilines is 1. The molecule has 4 N–H and O–H groups in total. The summed E-state index contributed by atoms with van der Waals surface area (Å²) >= 11 is 3.38. The van der Waals surface area contributed by atoms with Crippen molar-refractivity contribution < 1.29 is 18.0 Å². The van der Waals surface area contributed by atoms with E-state index in [2.05, 4.69) is 15.9 Å². The first-order chi connectivity index (χ1) is 14.0. The van der Waals surface area contributed by atoms with Crippen molar-refractivity contribution in [1.82, 2.24) is 4.90 Å². The monoisotopic (exact) mass is 494 g/mol. The Morgan fingerprint density at radius 3 is 2.43 bits per heavy atom. The first-order valence-electron chi connectivity index (χ1n) is 9.27. The number of nitrogens with two attached hydrogens (primary N) is 2. The van der Waals surface area contributed by atoms with Gasteiger partial charge in [0.1, 0.15) is 0 Å². The molecule has 2 aromatic carbocycles. The molecule has 0 aliphatic carbocycles. The summed E-state index contributed by atoms with van der Waals surface area (Å²) in [4.78, 5) is 28.0. The Labute approximate surface area is 184 Å². The molecule has 10 heteroatoms. The van der Waals surface area contributed by atoms with Crippen molar-refractivity contribution in [2.45, 2.75) is 30.8 Å².